The maximum absolute atomic E-state index is 12.7. The second-order valence-corrected chi connectivity index (χ2v) is 8.09. The Bertz CT molecular complexity index is 986. The van der Waals surface area contributed by atoms with Gasteiger partial charge in [-0.2, -0.15) is 0 Å². The first-order valence-electron chi connectivity index (χ1n) is 8.41. The number of ether oxygens (including phenoxy) is 1. The van der Waals surface area contributed by atoms with Crippen LogP contribution in [0.15, 0.2) is 21.8 Å². The summed E-state index contributed by atoms with van der Waals surface area (Å²) in [4.78, 5) is 57.8. The van der Waals surface area contributed by atoms with Gasteiger partial charge in [-0.1, -0.05) is 5.16 Å². The van der Waals surface area contributed by atoms with Crippen molar-refractivity contribution in [1.29, 1.82) is 0 Å². The molecule has 2 aliphatic rings. The molecule has 162 valence electrons. The molecule has 1 aromatic rings. The molecule has 0 radical (unpaired) electrons. The predicted octanol–water partition coefficient (Wildman–Crippen LogP) is -3.51. The fourth-order valence-electron chi connectivity index (χ4n) is 2.88. The van der Waals surface area contributed by atoms with Crippen molar-refractivity contribution in [2.75, 3.05) is 25.2 Å². The zero-order chi connectivity index (χ0) is 22.0. The van der Waals surface area contributed by atoms with Crippen molar-refractivity contribution in [1.82, 2.24) is 15.2 Å². The Kier molecular flexibility index (Phi) is 9.05. The summed E-state index contributed by atoms with van der Waals surface area (Å²) in [5.74, 6) is -2.98. The SMILES string of the molecule is CO/N=C(/C(=O)N[C@@H]1C(=O)N2C(C(=O)O)=C(COC(C)=O)CS[C@H]12)c1csc(N)n1.[H-].[K+]. The van der Waals surface area contributed by atoms with Crippen LogP contribution in [-0.4, -0.2) is 75.3 Å². The van der Waals surface area contributed by atoms with Gasteiger partial charge in [0.25, 0.3) is 11.8 Å². The molecule has 1 saturated heterocycles. The number of aliphatic carboxylic acids is 1. The molecule has 2 aliphatic heterocycles. The van der Waals surface area contributed by atoms with E-state index in [2.05, 4.69) is 20.3 Å². The van der Waals surface area contributed by atoms with Crippen LogP contribution < -0.4 is 62.4 Å². The van der Waals surface area contributed by atoms with Gasteiger partial charge in [0.1, 0.15) is 36.5 Å². The standard InChI is InChI=1S/C16H17N5O7S2.K.H/c1-6(22)28-3-7-4-29-14-10(13(24)21(14)11(7)15(25)26)19-12(23)9(20-27-2)8-5-30-16(17)18-8;;/h5,10,14H,3-4H2,1-2H3,(H2,17,18)(H,19,23)(H,25,26);;/q;+1;-1/b20-9+;;/t10-,14-;;/m1../s1. The van der Waals surface area contributed by atoms with Crippen LogP contribution in [0.2, 0.25) is 0 Å². The monoisotopic (exact) mass is 495 g/mol. The Hall–Kier alpha value is -1.49. The van der Waals surface area contributed by atoms with E-state index in [4.69, 9.17) is 10.5 Å². The molecule has 3 rings (SSSR count). The zero-order valence-electron chi connectivity index (χ0n) is 17.8. The minimum absolute atomic E-state index is 0. The number of rotatable bonds is 7. The molecule has 0 aliphatic carbocycles. The summed E-state index contributed by atoms with van der Waals surface area (Å²) in [6, 6.07) is -0.967. The Morgan fingerprint density at radius 3 is 2.74 bits per heavy atom. The molecular formula is C16H18KN5O7S2. The van der Waals surface area contributed by atoms with Crippen molar-refractivity contribution in [2.45, 2.75) is 18.3 Å². The first-order chi connectivity index (χ1) is 14.2. The van der Waals surface area contributed by atoms with E-state index in [1.807, 2.05) is 0 Å². The van der Waals surface area contributed by atoms with Crippen LogP contribution in [0.3, 0.4) is 0 Å². The number of anilines is 1. The van der Waals surface area contributed by atoms with Crippen molar-refractivity contribution in [3.63, 3.8) is 0 Å². The molecule has 0 unspecified atom stereocenters. The van der Waals surface area contributed by atoms with E-state index >= 15 is 0 Å². The van der Waals surface area contributed by atoms with Gasteiger partial charge in [-0.25, -0.2) is 9.78 Å². The molecule has 0 spiro atoms. The molecular weight excluding hydrogens is 477 g/mol. The van der Waals surface area contributed by atoms with Gasteiger partial charge in [0.15, 0.2) is 10.8 Å². The van der Waals surface area contributed by atoms with Crippen LogP contribution in [0.1, 0.15) is 14.0 Å². The number of nitrogens with zero attached hydrogens (tertiary/aromatic N) is 3. The number of amides is 2. The van der Waals surface area contributed by atoms with Crippen LogP contribution >= 0.6 is 23.1 Å². The smallest absolute Gasteiger partial charge is 1.00 e. The number of aromatic nitrogens is 1. The maximum Gasteiger partial charge on any atom is 1.00 e. The number of hydrogen-bond acceptors (Lipinski definition) is 11. The van der Waals surface area contributed by atoms with Crippen LogP contribution in [0, 0.1) is 0 Å². The maximum atomic E-state index is 12.7. The average Bonchev–Trinajstić information content (AvgIpc) is 3.13. The molecule has 1 aromatic heterocycles. The Labute approximate surface area is 228 Å². The van der Waals surface area contributed by atoms with Gasteiger partial charge in [-0.15, -0.1) is 23.1 Å². The molecule has 15 heteroatoms. The molecule has 3 heterocycles. The average molecular weight is 496 g/mol. The third-order valence-electron chi connectivity index (χ3n) is 4.15. The minimum Gasteiger partial charge on any atom is -1.00 e. The molecule has 0 aromatic carbocycles. The number of carboxylic acid groups (broad SMARTS) is 1. The Balaban J connectivity index is 0.00000256. The third-order valence-corrected chi connectivity index (χ3v) is 6.16. The number of fused-ring (bicyclic) bond motifs is 1. The molecule has 1 fully saturated rings. The van der Waals surface area contributed by atoms with Gasteiger partial charge in [-0.3, -0.25) is 19.3 Å². The quantitative estimate of drug-likeness (QED) is 0.113. The number of thiazole rings is 1. The second-order valence-electron chi connectivity index (χ2n) is 6.09. The number of carboxylic acids is 1. The van der Waals surface area contributed by atoms with E-state index in [9.17, 15) is 24.3 Å². The van der Waals surface area contributed by atoms with Crippen molar-refractivity contribution in [3.8, 4) is 0 Å². The number of thioether (sulfide) groups is 1. The first kappa shape index (κ1) is 25.8. The summed E-state index contributed by atoms with van der Waals surface area (Å²) in [6.45, 7) is 0.975. The molecule has 12 nitrogen and oxygen atoms in total. The summed E-state index contributed by atoms with van der Waals surface area (Å²) in [5.41, 5.74) is 5.67. The van der Waals surface area contributed by atoms with Crippen LogP contribution in [-0.2, 0) is 28.8 Å². The van der Waals surface area contributed by atoms with Crippen LogP contribution in [0.5, 0.6) is 0 Å². The number of nitrogens with one attached hydrogen (secondary N) is 1. The molecule has 0 saturated carbocycles. The van der Waals surface area contributed by atoms with E-state index in [0.29, 0.717) is 5.57 Å². The number of carbonyl (C=O) groups excluding carboxylic acids is 3. The Morgan fingerprint density at radius 2 is 2.19 bits per heavy atom. The number of hydrogen-bond donors (Lipinski definition) is 3. The molecule has 31 heavy (non-hydrogen) atoms. The van der Waals surface area contributed by atoms with Crippen LogP contribution in [0.25, 0.3) is 0 Å². The van der Waals surface area contributed by atoms with Gasteiger partial charge in [-0.05, 0) is 0 Å². The van der Waals surface area contributed by atoms with E-state index in [1.54, 1.807) is 0 Å². The summed E-state index contributed by atoms with van der Waals surface area (Å²) in [6.07, 6.45) is 0. The largest absolute Gasteiger partial charge is 1.00 e. The third kappa shape index (κ3) is 5.47. The molecule has 2 atom stereocenters. The summed E-state index contributed by atoms with van der Waals surface area (Å²) in [7, 11) is 1.25. The molecule has 4 N–H and O–H groups in total. The Morgan fingerprint density at radius 1 is 1.48 bits per heavy atom. The zero-order valence-corrected chi connectivity index (χ0v) is 21.5. The summed E-state index contributed by atoms with van der Waals surface area (Å²) in [5, 5.41) is 16.9. The molecule has 0 bridgehead atoms. The summed E-state index contributed by atoms with van der Waals surface area (Å²) >= 11 is 2.35. The number of oxime groups is 1. The van der Waals surface area contributed by atoms with Gasteiger partial charge in [0, 0.05) is 23.6 Å². The summed E-state index contributed by atoms with van der Waals surface area (Å²) < 4.78 is 4.88. The predicted molar refractivity (Wildman–Crippen MR) is 108 cm³/mol. The van der Waals surface area contributed by atoms with Gasteiger partial charge in [0.05, 0.1) is 0 Å². The first-order valence-corrected chi connectivity index (χ1v) is 10.3. The molecule has 2 amide bonds. The number of nitrogen functional groups attached to an aromatic ring is 1. The number of nitrogens with two attached hydrogens (primary N) is 1. The van der Waals surface area contributed by atoms with E-state index in [0.717, 1.165) is 16.2 Å². The van der Waals surface area contributed by atoms with Crippen molar-refractivity contribution >= 4 is 57.7 Å². The van der Waals surface area contributed by atoms with Crippen molar-refractivity contribution in [3.05, 3.63) is 22.3 Å². The normalized spacial score (nSPS) is 20.3. The number of carbonyl (C=O) groups is 4. The van der Waals surface area contributed by atoms with E-state index in [-0.39, 0.29) is 87.4 Å². The van der Waals surface area contributed by atoms with Crippen molar-refractivity contribution < 1.29 is 86.7 Å². The second kappa shape index (κ2) is 10.9. The van der Waals surface area contributed by atoms with Gasteiger partial charge < -0.3 is 27.2 Å². The topological polar surface area (TPSA) is 174 Å². The van der Waals surface area contributed by atoms with E-state index in [1.165, 1.54) is 31.2 Å². The number of esters is 1. The van der Waals surface area contributed by atoms with Gasteiger partial charge >= 0.3 is 63.3 Å². The fourth-order valence-corrected chi connectivity index (χ4v) is 4.76. The number of β-lactam (4-membered cyclic amide) rings is 1. The minimum atomic E-state index is -1.32. The van der Waals surface area contributed by atoms with Crippen molar-refractivity contribution in [2.24, 2.45) is 5.16 Å². The van der Waals surface area contributed by atoms with Crippen LogP contribution in [0.4, 0.5) is 5.13 Å². The van der Waals surface area contributed by atoms with E-state index < -0.39 is 35.2 Å². The fraction of sp³-hybridized carbons (Fsp3) is 0.375. The van der Waals surface area contributed by atoms with Gasteiger partial charge in [0.2, 0.25) is 0 Å².